The van der Waals surface area contributed by atoms with Crippen LogP contribution in [0.2, 0.25) is 0 Å². The van der Waals surface area contributed by atoms with Crippen molar-refractivity contribution in [3.05, 3.63) is 47.9 Å². The van der Waals surface area contributed by atoms with Crippen molar-refractivity contribution in [1.82, 2.24) is 19.4 Å². The second-order valence-electron chi connectivity index (χ2n) is 7.48. The summed E-state index contributed by atoms with van der Waals surface area (Å²) in [5.41, 5.74) is 4.56. The number of aromatic nitrogens is 3. The van der Waals surface area contributed by atoms with Gasteiger partial charge in [-0.05, 0) is 23.6 Å². The average Bonchev–Trinajstić information content (AvgIpc) is 3.06. The monoisotopic (exact) mass is 396 g/mol. The van der Waals surface area contributed by atoms with Crippen LogP contribution in [-0.4, -0.2) is 45.5 Å². The van der Waals surface area contributed by atoms with E-state index in [2.05, 4.69) is 16.0 Å². The van der Waals surface area contributed by atoms with Crippen molar-refractivity contribution in [1.29, 1.82) is 5.26 Å². The van der Waals surface area contributed by atoms with Gasteiger partial charge in [-0.15, -0.1) is 0 Å². The molecule has 1 aliphatic heterocycles. The number of nitriles is 1. The molecule has 1 saturated heterocycles. The zero-order valence-corrected chi connectivity index (χ0v) is 16.6. The maximum Gasteiger partial charge on any atom is 0.273 e. The summed E-state index contributed by atoms with van der Waals surface area (Å²) >= 11 is 0. The van der Waals surface area contributed by atoms with E-state index in [4.69, 9.17) is 0 Å². The van der Waals surface area contributed by atoms with Gasteiger partial charge in [0, 0.05) is 25.8 Å². The summed E-state index contributed by atoms with van der Waals surface area (Å²) in [6.45, 7) is 1.29. The summed E-state index contributed by atoms with van der Waals surface area (Å²) in [7, 11) is 3.88. The van der Waals surface area contributed by atoms with Crippen LogP contribution in [0.5, 0.6) is 0 Å². The van der Waals surface area contributed by atoms with Crippen LogP contribution in [-0.2, 0) is 13.5 Å². The Morgan fingerprint density at radius 2 is 2.03 bits per heavy atom. The molecule has 0 saturated carbocycles. The zero-order valence-electron chi connectivity index (χ0n) is 16.6. The van der Waals surface area contributed by atoms with Crippen molar-refractivity contribution >= 4 is 22.5 Å². The van der Waals surface area contributed by atoms with Crippen molar-refractivity contribution in [2.24, 2.45) is 7.05 Å². The molecule has 3 aromatic rings. The minimum atomic E-state index is -2.70. The van der Waals surface area contributed by atoms with Crippen molar-refractivity contribution in [2.75, 3.05) is 25.0 Å². The molecule has 8 heteroatoms. The Labute approximate surface area is 168 Å². The third-order valence-electron chi connectivity index (χ3n) is 5.46. The Morgan fingerprint density at radius 1 is 1.28 bits per heavy atom. The number of hydrogen-bond acceptors (Lipinski definition) is 5. The lowest BCUT2D eigenvalue weighted by atomic mass is 9.97. The normalized spacial score (nSPS) is 17.0. The molecule has 0 radical (unpaired) electrons. The lowest BCUT2D eigenvalue weighted by molar-refractivity contribution is -0.139. The number of pyridine rings is 1. The molecular formula is C21H22F2N6. The van der Waals surface area contributed by atoms with Crippen molar-refractivity contribution < 1.29 is 8.78 Å². The maximum atomic E-state index is 13.2. The molecule has 3 heterocycles. The van der Waals surface area contributed by atoms with Crippen LogP contribution in [0.15, 0.2) is 36.8 Å². The first-order chi connectivity index (χ1) is 13.8. The fourth-order valence-electron chi connectivity index (χ4n) is 3.81. The predicted molar refractivity (Wildman–Crippen MR) is 107 cm³/mol. The third-order valence-corrected chi connectivity index (χ3v) is 5.46. The van der Waals surface area contributed by atoms with E-state index in [0.717, 1.165) is 40.1 Å². The number of anilines is 2. The number of likely N-dealkylation sites (tertiary alicyclic amines) is 1. The minimum absolute atomic E-state index is 0.372. The first-order valence-electron chi connectivity index (χ1n) is 9.48. The molecule has 2 aromatic heterocycles. The van der Waals surface area contributed by atoms with Crippen LogP contribution >= 0.6 is 0 Å². The maximum absolute atomic E-state index is 13.2. The number of alkyl halides is 2. The first kappa shape index (κ1) is 19.3. The van der Waals surface area contributed by atoms with E-state index in [1.165, 1.54) is 4.90 Å². The molecule has 0 amide bonds. The topological polar surface area (TPSA) is 61.0 Å². The highest BCUT2D eigenvalue weighted by molar-refractivity contribution is 5.79. The van der Waals surface area contributed by atoms with Gasteiger partial charge >= 0.3 is 0 Å². The van der Waals surface area contributed by atoms with E-state index in [-0.39, 0.29) is 13.1 Å². The van der Waals surface area contributed by atoms with Gasteiger partial charge < -0.3 is 9.47 Å². The number of rotatable bonds is 5. The van der Waals surface area contributed by atoms with Crippen LogP contribution < -0.4 is 4.90 Å². The van der Waals surface area contributed by atoms with Crippen molar-refractivity contribution in [2.45, 2.75) is 25.3 Å². The van der Waals surface area contributed by atoms with E-state index in [1.54, 1.807) is 12.5 Å². The van der Waals surface area contributed by atoms with Gasteiger partial charge in [0.25, 0.3) is 5.92 Å². The Morgan fingerprint density at radius 3 is 2.69 bits per heavy atom. The summed E-state index contributed by atoms with van der Waals surface area (Å²) in [6.07, 6.45) is 4.25. The second-order valence-corrected chi connectivity index (χ2v) is 7.48. The summed E-state index contributed by atoms with van der Waals surface area (Å²) in [5, 5.41) is 9.55. The van der Waals surface area contributed by atoms with Gasteiger partial charge in [-0.1, -0.05) is 19.1 Å². The van der Waals surface area contributed by atoms with Gasteiger partial charge in [-0.3, -0.25) is 4.90 Å². The average molecular weight is 396 g/mol. The van der Waals surface area contributed by atoms with Gasteiger partial charge in [-0.2, -0.15) is 5.26 Å². The molecule has 0 aliphatic carbocycles. The van der Waals surface area contributed by atoms with Gasteiger partial charge in [0.15, 0.2) is 0 Å². The molecule has 0 spiro atoms. The largest absolute Gasteiger partial charge is 0.334 e. The molecule has 0 bridgehead atoms. The molecule has 0 N–H and O–H groups in total. The number of imidazole rings is 1. The van der Waals surface area contributed by atoms with Crippen LogP contribution in [0.4, 0.5) is 20.3 Å². The zero-order chi connectivity index (χ0) is 20.8. The van der Waals surface area contributed by atoms with Gasteiger partial charge in [0.05, 0.1) is 37.2 Å². The summed E-state index contributed by atoms with van der Waals surface area (Å²) < 4.78 is 28.4. The highest BCUT2D eigenvalue weighted by Gasteiger charge is 2.47. The second kappa shape index (κ2) is 7.08. The summed E-state index contributed by atoms with van der Waals surface area (Å²) in [6, 6.07) is 9.21. The van der Waals surface area contributed by atoms with E-state index in [0.29, 0.717) is 0 Å². The van der Waals surface area contributed by atoms with E-state index < -0.39 is 12.0 Å². The summed E-state index contributed by atoms with van der Waals surface area (Å²) in [5.74, 6) is -1.92. The van der Waals surface area contributed by atoms with E-state index in [1.807, 2.05) is 54.8 Å². The molecule has 150 valence electrons. The lowest BCUT2D eigenvalue weighted by Gasteiger charge is -2.41. The molecular weight excluding hydrogens is 374 g/mol. The highest BCUT2D eigenvalue weighted by Crippen LogP contribution is 2.36. The van der Waals surface area contributed by atoms with E-state index in [9.17, 15) is 14.0 Å². The quantitative estimate of drug-likeness (QED) is 0.656. The van der Waals surface area contributed by atoms with Crippen LogP contribution in [0, 0.1) is 11.3 Å². The molecule has 1 aliphatic rings. The number of hydrogen-bond donors (Lipinski definition) is 0. The molecule has 1 aromatic carbocycles. The van der Waals surface area contributed by atoms with Crippen LogP contribution in [0.1, 0.15) is 24.1 Å². The SMILES string of the molecule is CCc1cc(C(C#N)N2CC(F)(F)C2)ccc1N(C)c1cc2c(cn1)ncn2C. The fourth-order valence-corrected chi connectivity index (χ4v) is 3.81. The Bertz CT molecular complexity index is 1090. The number of halogens is 2. The fraction of sp³-hybridized carbons (Fsp3) is 0.381. The van der Waals surface area contributed by atoms with E-state index >= 15 is 0 Å². The lowest BCUT2D eigenvalue weighted by Crippen LogP contribution is -2.56. The molecule has 1 atom stereocenters. The number of nitrogens with zero attached hydrogens (tertiary/aromatic N) is 6. The Hall–Kier alpha value is -3.05. The first-order valence-corrected chi connectivity index (χ1v) is 9.48. The molecule has 1 fully saturated rings. The van der Waals surface area contributed by atoms with Gasteiger partial charge in [0.2, 0.25) is 0 Å². The van der Waals surface area contributed by atoms with Gasteiger partial charge in [0.1, 0.15) is 17.4 Å². The van der Waals surface area contributed by atoms with Crippen molar-refractivity contribution in [3.8, 4) is 6.07 Å². The minimum Gasteiger partial charge on any atom is -0.334 e. The van der Waals surface area contributed by atoms with Crippen molar-refractivity contribution in [3.63, 3.8) is 0 Å². The predicted octanol–water partition coefficient (Wildman–Crippen LogP) is 3.81. The standard InChI is InChI=1S/C21H22F2N6/c1-4-14-7-15(19(9-24)29-11-21(22,23)12-29)5-6-17(14)28(3)20-8-18-16(10-25-20)26-13-27(18)2/h5-8,10,13,19H,4,11-12H2,1-3H3. The molecule has 29 heavy (non-hydrogen) atoms. The Kier molecular flexibility index (Phi) is 4.71. The molecule has 1 unspecified atom stereocenters. The summed E-state index contributed by atoms with van der Waals surface area (Å²) in [4.78, 5) is 12.3. The third kappa shape index (κ3) is 3.42. The molecule has 6 nitrogen and oxygen atoms in total. The number of benzene rings is 1. The highest BCUT2D eigenvalue weighted by atomic mass is 19.3. The number of aryl methyl sites for hydroxylation is 2. The smallest absolute Gasteiger partial charge is 0.273 e. The Balaban J connectivity index is 1.65. The van der Waals surface area contributed by atoms with Crippen LogP contribution in [0.3, 0.4) is 0 Å². The molecule has 4 rings (SSSR count). The van der Waals surface area contributed by atoms with Crippen LogP contribution in [0.25, 0.3) is 11.0 Å². The number of fused-ring (bicyclic) bond motifs is 1. The van der Waals surface area contributed by atoms with Gasteiger partial charge in [-0.25, -0.2) is 18.7 Å².